The number of methoxy groups -OCH3 is 1. The zero-order chi connectivity index (χ0) is 23.3. The Labute approximate surface area is 201 Å². The molecule has 34 heavy (non-hydrogen) atoms. The summed E-state index contributed by atoms with van der Waals surface area (Å²) in [5.41, 5.74) is 4.14. The standard InChI is InChI=1S/C27H24N2O4S/c1-31-20-10-8-19(9-11-20)26-27(21-4-2-3-5-22(21)29-26)34-15-14-28-25(30)13-7-18-6-12-23-24(16-18)33-17-32-23/h2-13,16,29H,14-15,17H2,1H3,(H,28,30)/b13-7+. The van der Waals surface area contributed by atoms with Gasteiger partial charge in [0.2, 0.25) is 12.7 Å². The molecule has 1 aliphatic rings. The van der Waals surface area contributed by atoms with E-state index in [4.69, 9.17) is 14.2 Å². The van der Waals surface area contributed by atoms with Crippen molar-refractivity contribution < 1.29 is 19.0 Å². The summed E-state index contributed by atoms with van der Waals surface area (Å²) >= 11 is 1.73. The van der Waals surface area contributed by atoms with Crippen LogP contribution in [0.25, 0.3) is 28.2 Å². The number of carbonyl (C=O) groups excluding carboxylic acids is 1. The number of benzene rings is 3. The fraction of sp³-hybridized carbons (Fsp3) is 0.148. The fourth-order valence-corrected chi connectivity index (χ4v) is 4.86. The predicted molar refractivity (Wildman–Crippen MR) is 136 cm³/mol. The SMILES string of the molecule is COc1ccc(-c2[nH]c3ccccc3c2SCCNC(=O)/C=C/c2ccc3c(c2)OCO3)cc1. The molecule has 0 bridgehead atoms. The molecule has 0 aliphatic carbocycles. The van der Waals surface area contributed by atoms with Gasteiger partial charge in [0.25, 0.3) is 0 Å². The number of nitrogens with one attached hydrogen (secondary N) is 2. The molecule has 172 valence electrons. The Morgan fingerprint density at radius 2 is 1.91 bits per heavy atom. The predicted octanol–water partition coefficient (Wildman–Crippen LogP) is 5.49. The number of amides is 1. The molecule has 4 aromatic rings. The molecule has 1 amide bonds. The zero-order valence-corrected chi connectivity index (χ0v) is 19.5. The van der Waals surface area contributed by atoms with Crippen molar-refractivity contribution in [3.8, 4) is 28.5 Å². The first-order chi connectivity index (χ1) is 16.7. The van der Waals surface area contributed by atoms with E-state index >= 15 is 0 Å². The maximum atomic E-state index is 12.3. The van der Waals surface area contributed by atoms with Crippen LogP contribution in [0.1, 0.15) is 5.56 Å². The third kappa shape index (κ3) is 4.75. The van der Waals surface area contributed by atoms with Crippen molar-refractivity contribution in [1.29, 1.82) is 0 Å². The van der Waals surface area contributed by atoms with E-state index in [-0.39, 0.29) is 12.7 Å². The Morgan fingerprint density at radius 1 is 1.09 bits per heavy atom. The number of H-pyrrole nitrogens is 1. The molecule has 7 heteroatoms. The maximum Gasteiger partial charge on any atom is 0.244 e. The third-order valence-electron chi connectivity index (χ3n) is 5.51. The summed E-state index contributed by atoms with van der Waals surface area (Å²) in [4.78, 5) is 17.0. The van der Waals surface area contributed by atoms with Gasteiger partial charge < -0.3 is 24.5 Å². The molecular formula is C27H24N2O4S. The molecule has 0 unspecified atom stereocenters. The second-order valence-electron chi connectivity index (χ2n) is 7.69. The van der Waals surface area contributed by atoms with Gasteiger partial charge in [-0.15, -0.1) is 11.8 Å². The van der Waals surface area contributed by atoms with Crippen LogP contribution in [-0.4, -0.2) is 37.1 Å². The van der Waals surface area contributed by atoms with E-state index in [1.165, 1.54) is 16.4 Å². The van der Waals surface area contributed by atoms with Crippen LogP contribution in [0.4, 0.5) is 0 Å². The third-order valence-corrected chi connectivity index (χ3v) is 6.63. The van der Waals surface area contributed by atoms with Crippen molar-refractivity contribution >= 4 is 34.6 Å². The highest BCUT2D eigenvalue weighted by Crippen LogP contribution is 2.38. The number of hydrogen-bond acceptors (Lipinski definition) is 5. The first-order valence-electron chi connectivity index (χ1n) is 10.9. The van der Waals surface area contributed by atoms with Crippen molar-refractivity contribution in [2.75, 3.05) is 26.2 Å². The lowest BCUT2D eigenvalue weighted by atomic mass is 10.1. The topological polar surface area (TPSA) is 72.6 Å². The second-order valence-corrected chi connectivity index (χ2v) is 8.79. The zero-order valence-electron chi connectivity index (χ0n) is 18.7. The van der Waals surface area contributed by atoms with Gasteiger partial charge in [0.1, 0.15) is 5.75 Å². The minimum Gasteiger partial charge on any atom is -0.497 e. The molecule has 0 fully saturated rings. The average molecular weight is 473 g/mol. The number of carbonyl (C=O) groups is 1. The Hall–Kier alpha value is -3.84. The Kier molecular flexibility index (Phi) is 6.44. The molecule has 2 heterocycles. The van der Waals surface area contributed by atoms with Gasteiger partial charge in [-0.05, 0) is 59.7 Å². The first-order valence-corrected chi connectivity index (χ1v) is 11.9. The highest BCUT2D eigenvalue weighted by molar-refractivity contribution is 7.99. The highest BCUT2D eigenvalue weighted by Gasteiger charge is 2.14. The number of para-hydroxylation sites is 1. The molecule has 0 saturated heterocycles. The van der Waals surface area contributed by atoms with Gasteiger partial charge in [-0.2, -0.15) is 0 Å². The van der Waals surface area contributed by atoms with Gasteiger partial charge in [-0.3, -0.25) is 4.79 Å². The number of ether oxygens (including phenoxy) is 3. The molecule has 6 nitrogen and oxygen atoms in total. The average Bonchev–Trinajstić information content (AvgIpc) is 3.49. The summed E-state index contributed by atoms with van der Waals surface area (Å²) in [6.45, 7) is 0.786. The molecule has 3 aromatic carbocycles. The van der Waals surface area contributed by atoms with Gasteiger partial charge in [0.15, 0.2) is 11.5 Å². The van der Waals surface area contributed by atoms with E-state index in [1.807, 2.05) is 42.5 Å². The number of aromatic amines is 1. The molecule has 5 rings (SSSR count). The van der Waals surface area contributed by atoms with Crippen LogP contribution in [0.2, 0.25) is 0 Å². The molecule has 0 spiro atoms. The van der Waals surface area contributed by atoms with Crippen molar-refractivity contribution in [3.63, 3.8) is 0 Å². The van der Waals surface area contributed by atoms with Crippen LogP contribution >= 0.6 is 11.8 Å². The van der Waals surface area contributed by atoms with E-state index < -0.39 is 0 Å². The summed E-state index contributed by atoms with van der Waals surface area (Å²) < 4.78 is 16.0. The monoisotopic (exact) mass is 472 g/mol. The number of rotatable bonds is 8. The minimum absolute atomic E-state index is 0.132. The van der Waals surface area contributed by atoms with Crippen molar-refractivity contribution in [3.05, 3.63) is 78.4 Å². The van der Waals surface area contributed by atoms with Gasteiger partial charge in [0.05, 0.1) is 12.8 Å². The van der Waals surface area contributed by atoms with Gasteiger partial charge in [-0.1, -0.05) is 24.3 Å². The Balaban J connectivity index is 1.22. The normalized spacial score (nSPS) is 12.4. The lowest BCUT2D eigenvalue weighted by molar-refractivity contribution is -0.116. The number of aromatic nitrogens is 1. The van der Waals surface area contributed by atoms with Gasteiger partial charge in [0, 0.05) is 34.2 Å². The second kappa shape index (κ2) is 9.97. The molecule has 1 aromatic heterocycles. The number of fused-ring (bicyclic) bond motifs is 2. The number of thioether (sulfide) groups is 1. The smallest absolute Gasteiger partial charge is 0.244 e. The summed E-state index contributed by atoms with van der Waals surface area (Å²) in [6.07, 6.45) is 3.31. The highest BCUT2D eigenvalue weighted by atomic mass is 32.2. The summed E-state index contributed by atoms with van der Waals surface area (Å²) in [5, 5.41) is 4.13. The number of hydrogen-bond donors (Lipinski definition) is 2. The van der Waals surface area contributed by atoms with Crippen LogP contribution in [0.5, 0.6) is 17.2 Å². The molecule has 0 saturated carbocycles. The van der Waals surface area contributed by atoms with Crippen molar-refractivity contribution in [1.82, 2.24) is 10.3 Å². The molecule has 2 N–H and O–H groups in total. The maximum absolute atomic E-state index is 12.3. The fourth-order valence-electron chi connectivity index (χ4n) is 3.80. The molecule has 0 atom stereocenters. The van der Waals surface area contributed by atoms with Crippen molar-refractivity contribution in [2.24, 2.45) is 0 Å². The van der Waals surface area contributed by atoms with E-state index in [1.54, 1.807) is 24.9 Å². The molecular weight excluding hydrogens is 448 g/mol. The van der Waals surface area contributed by atoms with E-state index in [2.05, 4.69) is 34.6 Å². The Bertz CT molecular complexity index is 1340. The molecule has 0 radical (unpaired) electrons. The van der Waals surface area contributed by atoms with Crippen LogP contribution in [0.15, 0.2) is 77.7 Å². The van der Waals surface area contributed by atoms with Gasteiger partial charge >= 0.3 is 0 Å². The summed E-state index contributed by atoms with van der Waals surface area (Å²) in [7, 11) is 1.66. The van der Waals surface area contributed by atoms with E-state index in [0.717, 1.165) is 39.6 Å². The summed E-state index contributed by atoms with van der Waals surface area (Å²) in [6, 6.07) is 21.9. The van der Waals surface area contributed by atoms with Crippen LogP contribution < -0.4 is 19.5 Å². The molecule has 1 aliphatic heterocycles. The first kappa shape index (κ1) is 22.0. The van der Waals surface area contributed by atoms with Gasteiger partial charge in [-0.25, -0.2) is 0 Å². The van der Waals surface area contributed by atoms with Crippen LogP contribution in [0.3, 0.4) is 0 Å². The van der Waals surface area contributed by atoms with E-state index in [0.29, 0.717) is 12.3 Å². The Morgan fingerprint density at radius 3 is 2.76 bits per heavy atom. The van der Waals surface area contributed by atoms with Crippen molar-refractivity contribution in [2.45, 2.75) is 4.90 Å². The summed E-state index contributed by atoms with van der Waals surface area (Å²) in [5.74, 6) is 2.86. The quantitative estimate of drug-likeness (QED) is 0.201. The van der Waals surface area contributed by atoms with Crippen LogP contribution in [0, 0.1) is 0 Å². The lowest BCUT2D eigenvalue weighted by Gasteiger charge is -2.07. The lowest BCUT2D eigenvalue weighted by Crippen LogP contribution is -2.23. The largest absolute Gasteiger partial charge is 0.497 e. The minimum atomic E-state index is -0.132. The van der Waals surface area contributed by atoms with E-state index in [9.17, 15) is 4.79 Å². The van der Waals surface area contributed by atoms with Crippen LogP contribution in [-0.2, 0) is 4.79 Å².